The highest BCUT2D eigenvalue weighted by Crippen LogP contribution is 2.31. The van der Waals surface area contributed by atoms with Gasteiger partial charge in [0.05, 0.1) is 6.21 Å². The standard InChI is InChI=1S/C19H27N5OS/c1-3-23(4-2)16-11-10-15(17(25)12-16)13-20-24-18(21-22-19(24)26)14-8-6-5-7-9-14/h10-14,25H,3-9H2,1-2H3,(H,22,26). The molecule has 0 aliphatic heterocycles. The minimum Gasteiger partial charge on any atom is -0.507 e. The summed E-state index contributed by atoms with van der Waals surface area (Å²) < 4.78 is 2.18. The molecule has 1 aromatic carbocycles. The van der Waals surface area contributed by atoms with Gasteiger partial charge in [0.1, 0.15) is 5.75 Å². The van der Waals surface area contributed by atoms with Crippen LogP contribution in [0.5, 0.6) is 5.75 Å². The van der Waals surface area contributed by atoms with Crippen molar-refractivity contribution in [1.29, 1.82) is 0 Å². The van der Waals surface area contributed by atoms with E-state index in [9.17, 15) is 5.11 Å². The Kier molecular flexibility index (Phi) is 6.08. The Bertz CT molecular complexity index is 816. The van der Waals surface area contributed by atoms with Crippen molar-refractivity contribution in [3.05, 3.63) is 34.4 Å². The molecule has 1 aromatic heterocycles. The van der Waals surface area contributed by atoms with E-state index in [1.165, 1.54) is 19.3 Å². The summed E-state index contributed by atoms with van der Waals surface area (Å²) in [6.07, 6.45) is 7.64. The molecule has 1 saturated carbocycles. The van der Waals surface area contributed by atoms with E-state index in [0.29, 0.717) is 16.3 Å². The molecule has 26 heavy (non-hydrogen) atoms. The second kappa shape index (κ2) is 8.49. The van der Waals surface area contributed by atoms with Crippen molar-refractivity contribution < 1.29 is 5.11 Å². The Balaban J connectivity index is 1.84. The van der Waals surface area contributed by atoms with Gasteiger partial charge in [0, 0.05) is 36.3 Å². The summed E-state index contributed by atoms with van der Waals surface area (Å²) >= 11 is 5.34. The zero-order valence-corrected chi connectivity index (χ0v) is 16.3. The molecular formula is C19H27N5OS. The summed E-state index contributed by atoms with van der Waals surface area (Å²) in [5.41, 5.74) is 1.67. The Morgan fingerprint density at radius 1 is 1.31 bits per heavy atom. The number of hydrogen-bond acceptors (Lipinski definition) is 5. The van der Waals surface area contributed by atoms with Crippen LogP contribution in [-0.4, -0.2) is 39.3 Å². The minimum atomic E-state index is 0.215. The second-order valence-corrected chi connectivity index (χ2v) is 7.08. The van der Waals surface area contributed by atoms with Crippen LogP contribution in [0.2, 0.25) is 0 Å². The fourth-order valence-corrected chi connectivity index (χ4v) is 3.77. The highest BCUT2D eigenvalue weighted by atomic mass is 32.1. The maximum absolute atomic E-state index is 10.4. The van der Waals surface area contributed by atoms with Gasteiger partial charge in [-0.15, -0.1) is 0 Å². The number of phenols is 1. The van der Waals surface area contributed by atoms with Crippen LogP contribution in [0.15, 0.2) is 23.3 Å². The first-order valence-corrected chi connectivity index (χ1v) is 9.84. The van der Waals surface area contributed by atoms with Crippen LogP contribution < -0.4 is 4.90 Å². The molecule has 2 aromatic rings. The predicted octanol–water partition coefficient (Wildman–Crippen LogP) is 4.42. The lowest BCUT2D eigenvalue weighted by Crippen LogP contribution is -2.21. The summed E-state index contributed by atoms with van der Waals surface area (Å²) in [6.45, 7) is 6.00. The van der Waals surface area contributed by atoms with Crippen LogP contribution in [-0.2, 0) is 0 Å². The summed E-state index contributed by atoms with van der Waals surface area (Å²) in [5, 5.41) is 22.1. The topological polar surface area (TPSA) is 69.4 Å². The summed E-state index contributed by atoms with van der Waals surface area (Å²) in [4.78, 5) is 2.19. The van der Waals surface area contributed by atoms with E-state index in [2.05, 4.69) is 34.0 Å². The molecule has 0 atom stereocenters. The molecular weight excluding hydrogens is 346 g/mol. The van der Waals surface area contributed by atoms with Gasteiger partial charge in [0.2, 0.25) is 4.77 Å². The van der Waals surface area contributed by atoms with Crippen molar-refractivity contribution in [2.45, 2.75) is 51.9 Å². The third kappa shape index (κ3) is 3.98. The molecule has 7 heteroatoms. The number of aromatic hydroxyl groups is 1. The number of H-pyrrole nitrogens is 1. The van der Waals surface area contributed by atoms with E-state index >= 15 is 0 Å². The monoisotopic (exact) mass is 373 g/mol. The molecule has 0 spiro atoms. The van der Waals surface area contributed by atoms with Gasteiger partial charge in [0.15, 0.2) is 5.82 Å². The number of phenolic OH excluding ortho intramolecular Hbond substituents is 1. The molecule has 0 amide bonds. The van der Waals surface area contributed by atoms with Gasteiger partial charge < -0.3 is 10.0 Å². The first-order chi connectivity index (χ1) is 12.6. The molecule has 0 saturated heterocycles. The van der Waals surface area contributed by atoms with Crippen LogP contribution in [0.3, 0.4) is 0 Å². The second-order valence-electron chi connectivity index (χ2n) is 6.69. The number of aromatic nitrogens is 3. The van der Waals surface area contributed by atoms with Crippen molar-refractivity contribution in [1.82, 2.24) is 14.9 Å². The smallest absolute Gasteiger partial charge is 0.216 e. The van der Waals surface area contributed by atoms with Gasteiger partial charge in [-0.05, 0) is 51.0 Å². The third-order valence-electron chi connectivity index (χ3n) is 5.10. The zero-order chi connectivity index (χ0) is 18.5. The average molecular weight is 374 g/mol. The van der Waals surface area contributed by atoms with Crippen LogP contribution in [0.4, 0.5) is 5.69 Å². The Labute approximate surface area is 159 Å². The molecule has 3 rings (SSSR count). The van der Waals surface area contributed by atoms with E-state index in [0.717, 1.165) is 37.4 Å². The van der Waals surface area contributed by atoms with Crippen LogP contribution in [0.25, 0.3) is 0 Å². The van der Waals surface area contributed by atoms with Crippen LogP contribution >= 0.6 is 12.2 Å². The van der Waals surface area contributed by atoms with Crippen LogP contribution in [0, 0.1) is 4.77 Å². The molecule has 1 heterocycles. The van der Waals surface area contributed by atoms with Crippen molar-refractivity contribution in [2.24, 2.45) is 5.10 Å². The van der Waals surface area contributed by atoms with Crippen molar-refractivity contribution >= 4 is 24.1 Å². The Morgan fingerprint density at radius 3 is 2.69 bits per heavy atom. The van der Waals surface area contributed by atoms with Crippen molar-refractivity contribution in [3.8, 4) is 5.75 Å². The average Bonchev–Trinajstić information content (AvgIpc) is 3.03. The lowest BCUT2D eigenvalue weighted by atomic mass is 9.89. The summed E-state index contributed by atoms with van der Waals surface area (Å²) in [6, 6.07) is 5.67. The van der Waals surface area contributed by atoms with Crippen molar-refractivity contribution in [3.63, 3.8) is 0 Å². The van der Waals surface area contributed by atoms with E-state index in [4.69, 9.17) is 12.2 Å². The molecule has 0 bridgehead atoms. The highest BCUT2D eigenvalue weighted by Gasteiger charge is 2.21. The number of hydrogen-bond donors (Lipinski definition) is 2. The van der Waals surface area contributed by atoms with Gasteiger partial charge >= 0.3 is 0 Å². The summed E-state index contributed by atoms with van der Waals surface area (Å²) in [7, 11) is 0. The maximum atomic E-state index is 10.4. The van der Waals surface area contributed by atoms with E-state index in [1.54, 1.807) is 17.0 Å². The fraction of sp³-hybridized carbons (Fsp3) is 0.526. The minimum absolute atomic E-state index is 0.215. The molecule has 1 aliphatic rings. The van der Waals surface area contributed by atoms with Gasteiger partial charge in [-0.2, -0.15) is 14.9 Å². The quantitative estimate of drug-likeness (QED) is 0.581. The summed E-state index contributed by atoms with van der Waals surface area (Å²) in [5.74, 6) is 1.50. The number of nitrogens with zero attached hydrogens (tertiary/aromatic N) is 4. The van der Waals surface area contributed by atoms with Crippen molar-refractivity contribution in [2.75, 3.05) is 18.0 Å². The molecule has 6 nitrogen and oxygen atoms in total. The lowest BCUT2D eigenvalue weighted by Gasteiger charge is -2.21. The molecule has 1 fully saturated rings. The molecule has 0 unspecified atom stereocenters. The van der Waals surface area contributed by atoms with Gasteiger partial charge in [-0.3, -0.25) is 5.10 Å². The van der Waals surface area contributed by atoms with Crippen LogP contribution in [0.1, 0.15) is 63.3 Å². The number of rotatable bonds is 6. The van der Waals surface area contributed by atoms with Gasteiger partial charge in [0.25, 0.3) is 0 Å². The first kappa shape index (κ1) is 18.6. The van der Waals surface area contributed by atoms with Gasteiger partial charge in [-0.1, -0.05) is 19.3 Å². The third-order valence-corrected chi connectivity index (χ3v) is 5.36. The predicted molar refractivity (Wildman–Crippen MR) is 108 cm³/mol. The van der Waals surface area contributed by atoms with E-state index in [-0.39, 0.29) is 5.75 Å². The number of aromatic amines is 1. The molecule has 140 valence electrons. The number of anilines is 1. The zero-order valence-electron chi connectivity index (χ0n) is 15.5. The Morgan fingerprint density at radius 2 is 2.04 bits per heavy atom. The fourth-order valence-electron chi connectivity index (χ4n) is 3.59. The normalized spacial score (nSPS) is 15.6. The lowest BCUT2D eigenvalue weighted by molar-refractivity contribution is 0.419. The SMILES string of the molecule is CCN(CC)c1ccc(C=Nn2c(C3CCCCC3)n[nH]c2=S)c(O)c1. The van der Waals surface area contributed by atoms with E-state index < -0.39 is 0 Å². The maximum Gasteiger partial charge on any atom is 0.216 e. The molecule has 2 N–H and O–H groups in total. The highest BCUT2D eigenvalue weighted by molar-refractivity contribution is 7.71. The largest absolute Gasteiger partial charge is 0.507 e. The first-order valence-electron chi connectivity index (χ1n) is 9.43. The Hall–Kier alpha value is -2.15. The molecule has 1 aliphatic carbocycles. The molecule has 0 radical (unpaired) electrons. The number of nitrogens with one attached hydrogen (secondary N) is 1. The van der Waals surface area contributed by atoms with Gasteiger partial charge in [-0.25, -0.2) is 0 Å². The number of benzene rings is 1. The van der Waals surface area contributed by atoms with E-state index in [1.807, 2.05) is 12.1 Å².